The highest BCUT2D eigenvalue weighted by Gasteiger charge is 2.19. The summed E-state index contributed by atoms with van der Waals surface area (Å²) in [5.41, 5.74) is 0.732. The van der Waals surface area contributed by atoms with Gasteiger partial charge in [0, 0.05) is 11.1 Å². The molecule has 0 radical (unpaired) electrons. The van der Waals surface area contributed by atoms with Crippen LogP contribution in [0.3, 0.4) is 0 Å². The SMILES string of the molecule is Fc1cccc(-c2noc(Br)c2CCl)c1F. The topological polar surface area (TPSA) is 26.0 Å². The maximum atomic E-state index is 13.5. The summed E-state index contributed by atoms with van der Waals surface area (Å²) in [6, 6.07) is 3.85. The van der Waals surface area contributed by atoms with Gasteiger partial charge in [-0.1, -0.05) is 11.2 Å². The van der Waals surface area contributed by atoms with Crippen LogP contribution in [0.1, 0.15) is 5.56 Å². The number of nitrogens with zero attached hydrogens (tertiary/aromatic N) is 1. The summed E-state index contributed by atoms with van der Waals surface area (Å²) >= 11 is 8.76. The number of rotatable bonds is 2. The molecule has 1 aromatic heterocycles. The van der Waals surface area contributed by atoms with Gasteiger partial charge in [-0.05, 0) is 28.1 Å². The molecule has 0 saturated heterocycles. The number of hydrogen-bond acceptors (Lipinski definition) is 2. The zero-order valence-electron chi connectivity index (χ0n) is 7.81. The Morgan fingerprint density at radius 2 is 2.12 bits per heavy atom. The maximum absolute atomic E-state index is 13.5. The molecule has 0 atom stereocenters. The van der Waals surface area contributed by atoms with E-state index in [0.717, 1.165) is 6.07 Å². The zero-order valence-corrected chi connectivity index (χ0v) is 10.1. The number of alkyl halides is 1. The minimum Gasteiger partial charge on any atom is -0.348 e. The van der Waals surface area contributed by atoms with Crippen LogP contribution in [0.5, 0.6) is 0 Å². The Balaban J connectivity index is 2.63. The third-order valence-corrected chi connectivity index (χ3v) is 2.97. The zero-order chi connectivity index (χ0) is 11.7. The lowest BCUT2D eigenvalue weighted by atomic mass is 10.1. The van der Waals surface area contributed by atoms with Crippen molar-refractivity contribution in [1.82, 2.24) is 5.16 Å². The molecule has 2 nitrogen and oxygen atoms in total. The van der Waals surface area contributed by atoms with Crippen molar-refractivity contribution in [3.63, 3.8) is 0 Å². The van der Waals surface area contributed by atoms with Crippen LogP contribution in [0, 0.1) is 11.6 Å². The molecule has 0 aliphatic heterocycles. The molecule has 0 unspecified atom stereocenters. The van der Waals surface area contributed by atoms with Crippen LogP contribution in [-0.4, -0.2) is 5.16 Å². The summed E-state index contributed by atoms with van der Waals surface area (Å²) < 4.78 is 31.7. The molecule has 0 bridgehead atoms. The van der Waals surface area contributed by atoms with E-state index in [4.69, 9.17) is 16.1 Å². The predicted molar refractivity (Wildman–Crippen MR) is 59.1 cm³/mol. The largest absolute Gasteiger partial charge is 0.348 e. The normalized spacial score (nSPS) is 10.8. The van der Waals surface area contributed by atoms with Gasteiger partial charge in [-0.25, -0.2) is 8.78 Å². The van der Waals surface area contributed by atoms with Crippen molar-refractivity contribution < 1.29 is 13.3 Å². The lowest BCUT2D eigenvalue weighted by Gasteiger charge is -2.01. The average molecular weight is 309 g/mol. The fraction of sp³-hybridized carbons (Fsp3) is 0.100. The van der Waals surface area contributed by atoms with E-state index < -0.39 is 11.6 Å². The van der Waals surface area contributed by atoms with E-state index in [9.17, 15) is 8.78 Å². The molecule has 2 rings (SSSR count). The van der Waals surface area contributed by atoms with Gasteiger partial charge in [-0.2, -0.15) is 0 Å². The highest BCUT2D eigenvalue weighted by Crippen LogP contribution is 2.32. The van der Waals surface area contributed by atoms with Gasteiger partial charge in [0.25, 0.3) is 0 Å². The van der Waals surface area contributed by atoms with E-state index in [1.165, 1.54) is 12.1 Å². The summed E-state index contributed by atoms with van der Waals surface area (Å²) in [7, 11) is 0. The first-order valence-electron chi connectivity index (χ1n) is 4.29. The third kappa shape index (κ3) is 1.85. The first-order chi connectivity index (χ1) is 7.65. The van der Waals surface area contributed by atoms with E-state index >= 15 is 0 Å². The standard InChI is InChI=1S/C10H5BrClF2NO/c11-10-6(4-12)9(15-16-10)5-2-1-3-7(13)8(5)14/h1-3H,4H2. The van der Waals surface area contributed by atoms with Crippen molar-refractivity contribution in [2.24, 2.45) is 0 Å². The highest BCUT2D eigenvalue weighted by molar-refractivity contribution is 9.10. The third-order valence-electron chi connectivity index (χ3n) is 2.08. The molecule has 0 saturated carbocycles. The molecule has 0 amide bonds. The van der Waals surface area contributed by atoms with E-state index in [-0.39, 0.29) is 17.1 Å². The molecule has 1 aromatic carbocycles. The molecule has 2 aromatic rings. The van der Waals surface area contributed by atoms with E-state index in [2.05, 4.69) is 21.1 Å². The van der Waals surface area contributed by atoms with Gasteiger partial charge in [0.05, 0.1) is 5.88 Å². The summed E-state index contributed by atoms with van der Waals surface area (Å²) in [6.07, 6.45) is 0. The van der Waals surface area contributed by atoms with Crippen molar-refractivity contribution in [1.29, 1.82) is 0 Å². The smallest absolute Gasteiger partial charge is 0.206 e. The van der Waals surface area contributed by atoms with Crippen molar-refractivity contribution in [3.8, 4) is 11.3 Å². The maximum Gasteiger partial charge on any atom is 0.206 e. The number of hydrogen-bond donors (Lipinski definition) is 0. The second-order valence-corrected chi connectivity index (χ2v) is 4.01. The molecule has 16 heavy (non-hydrogen) atoms. The lowest BCUT2D eigenvalue weighted by Crippen LogP contribution is -1.91. The summed E-state index contributed by atoms with van der Waals surface area (Å²) in [5, 5.41) is 3.65. The van der Waals surface area contributed by atoms with Gasteiger partial charge in [-0.15, -0.1) is 11.6 Å². The molecule has 6 heteroatoms. The van der Waals surface area contributed by atoms with E-state index in [1.54, 1.807) is 0 Å². The van der Waals surface area contributed by atoms with Crippen LogP contribution in [-0.2, 0) is 5.88 Å². The molecule has 0 spiro atoms. The van der Waals surface area contributed by atoms with Gasteiger partial charge in [0.2, 0.25) is 4.67 Å². The number of halogens is 4. The summed E-state index contributed by atoms with van der Waals surface area (Å²) in [4.78, 5) is 0. The number of benzene rings is 1. The first-order valence-corrected chi connectivity index (χ1v) is 5.62. The van der Waals surface area contributed by atoms with Crippen LogP contribution in [0.4, 0.5) is 8.78 Å². The van der Waals surface area contributed by atoms with Crippen molar-refractivity contribution in [3.05, 3.63) is 40.1 Å². The molecule has 0 N–H and O–H groups in total. The molecular formula is C10H5BrClF2NO. The Morgan fingerprint density at radius 1 is 1.38 bits per heavy atom. The molecule has 0 fully saturated rings. The van der Waals surface area contributed by atoms with Crippen LogP contribution < -0.4 is 0 Å². The Morgan fingerprint density at radius 3 is 2.81 bits per heavy atom. The predicted octanol–water partition coefficient (Wildman–Crippen LogP) is 4.12. The molecule has 84 valence electrons. The van der Waals surface area contributed by atoms with Crippen molar-refractivity contribution in [2.75, 3.05) is 0 Å². The second-order valence-electron chi connectivity index (χ2n) is 3.02. The van der Waals surface area contributed by atoms with Crippen molar-refractivity contribution in [2.45, 2.75) is 5.88 Å². The molecule has 0 aliphatic carbocycles. The molecule has 1 heterocycles. The van der Waals surface area contributed by atoms with Gasteiger partial charge in [0.15, 0.2) is 11.6 Å². The van der Waals surface area contributed by atoms with Gasteiger partial charge >= 0.3 is 0 Å². The average Bonchev–Trinajstić information content (AvgIpc) is 2.63. The first kappa shape index (κ1) is 11.5. The van der Waals surface area contributed by atoms with Gasteiger partial charge in [0.1, 0.15) is 5.69 Å². The van der Waals surface area contributed by atoms with Crippen LogP contribution >= 0.6 is 27.5 Å². The Labute approximate surface area is 103 Å². The molecular weight excluding hydrogens is 303 g/mol. The minimum atomic E-state index is -0.963. The van der Waals surface area contributed by atoms with E-state index in [0.29, 0.717) is 10.2 Å². The van der Waals surface area contributed by atoms with Crippen LogP contribution in [0.15, 0.2) is 27.4 Å². The minimum absolute atomic E-state index is 0.0325. The molecule has 0 aliphatic rings. The van der Waals surface area contributed by atoms with Crippen LogP contribution in [0.2, 0.25) is 0 Å². The lowest BCUT2D eigenvalue weighted by molar-refractivity contribution is 0.401. The second kappa shape index (κ2) is 4.51. The fourth-order valence-electron chi connectivity index (χ4n) is 1.30. The quantitative estimate of drug-likeness (QED) is 0.780. The van der Waals surface area contributed by atoms with Crippen LogP contribution in [0.25, 0.3) is 11.3 Å². The highest BCUT2D eigenvalue weighted by atomic mass is 79.9. The Bertz CT molecular complexity index is 530. The fourth-order valence-corrected chi connectivity index (χ4v) is 2.11. The van der Waals surface area contributed by atoms with Gasteiger partial charge < -0.3 is 4.52 Å². The summed E-state index contributed by atoms with van der Waals surface area (Å²) in [6.45, 7) is 0. The summed E-state index contributed by atoms with van der Waals surface area (Å²) in [5.74, 6) is -1.80. The Kier molecular flexibility index (Phi) is 3.25. The van der Waals surface area contributed by atoms with Gasteiger partial charge in [-0.3, -0.25) is 0 Å². The van der Waals surface area contributed by atoms with Crippen molar-refractivity contribution >= 4 is 27.5 Å². The monoisotopic (exact) mass is 307 g/mol. The number of aromatic nitrogens is 1. The Hall–Kier alpha value is -0.940. The van der Waals surface area contributed by atoms with E-state index in [1.807, 2.05) is 0 Å².